The topological polar surface area (TPSA) is 67.4 Å². The number of nitrogens with one attached hydrogen (secondary N) is 2. The Morgan fingerprint density at radius 2 is 1.92 bits per heavy atom. The lowest BCUT2D eigenvalue weighted by molar-refractivity contribution is 0.203. The highest BCUT2D eigenvalue weighted by Gasteiger charge is 2.23. The molecule has 7 heteroatoms. The molecule has 0 aromatic heterocycles. The van der Waals surface area contributed by atoms with Crippen LogP contribution < -0.4 is 20.1 Å². The van der Waals surface area contributed by atoms with Crippen molar-refractivity contribution in [2.45, 2.75) is 19.0 Å². The van der Waals surface area contributed by atoms with Gasteiger partial charge < -0.3 is 24.8 Å². The standard InChI is InChI=1S/C18H30N4O3/c1-19-18(20-6-8-23-2)21-15-5-7-22(13-15)12-14-9-16(24-3)11-17(10-14)25-4/h9-11,15H,5-8,12-13H2,1-4H3,(H2,19,20,21). The number of likely N-dealkylation sites (tertiary alicyclic amines) is 1. The molecular formula is C18H30N4O3. The first-order valence-electron chi connectivity index (χ1n) is 8.59. The molecule has 1 unspecified atom stereocenters. The maximum Gasteiger partial charge on any atom is 0.191 e. The summed E-state index contributed by atoms with van der Waals surface area (Å²) in [5.74, 6) is 2.48. The van der Waals surface area contributed by atoms with E-state index in [1.165, 1.54) is 5.56 Å². The van der Waals surface area contributed by atoms with E-state index in [0.717, 1.165) is 50.1 Å². The van der Waals surface area contributed by atoms with Crippen LogP contribution in [0, 0.1) is 0 Å². The third-order valence-electron chi connectivity index (χ3n) is 4.25. The van der Waals surface area contributed by atoms with Crippen molar-refractivity contribution in [2.24, 2.45) is 4.99 Å². The Balaban J connectivity index is 1.86. The van der Waals surface area contributed by atoms with Crippen molar-refractivity contribution in [1.29, 1.82) is 0 Å². The van der Waals surface area contributed by atoms with E-state index in [1.807, 2.05) is 6.07 Å². The normalized spacial score (nSPS) is 18.2. The smallest absolute Gasteiger partial charge is 0.191 e. The number of benzene rings is 1. The third kappa shape index (κ3) is 6.10. The Labute approximate surface area is 150 Å². The van der Waals surface area contributed by atoms with Gasteiger partial charge in [-0.15, -0.1) is 0 Å². The summed E-state index contributed by atoms with van der Waals surface area (Å²) in [4.78, 5) is 6.69. The lowest BCUT2D eigenvalue weighted by Gasteiger charge is -2.19. The van der Waals surface area contributed by atoms with E-state index in [2.05, 4.69) is 32.7 Å². The van der Waals surface area contributed by atoms with Crippen LogP contribution in [-0.4, -0.2) is 71.5 Å². The maximum atomic E-state index is 5.35. The minimum Gasteiger partial charge on any atom is -0.497 e. The molecule has 0 saturated carbocycles. The highest BCUT2D eigenvalue weighted by molar-refractivity contribution is 5.80. The van der Waals surface area contributed by atoms with E-state index >= 15 is 0 Å². The van der Waals surface area contributed by atoms with Crippen molar-refractivity contribution >= 4 is 5.96 Å². The first-order chi connectivity index (χ1) is 12.2. The largest absolute Gasteiger partial charge is 0.497 e. The molecule has 1 atom stereocenters. The van der Waals surface area contributed by atoms with Crippen LogP contribution in [0.3, 0.4) is 0 Å². The van der Waals surface area contributed by atoms with Crippen LogP contribution in [-0.2, 0) is 11.3 Å². The Bertz CT molecular complexity index is 543. The van der Waals surface area contributed by atoms with E-state index in [0.29, 0.717) is 12.6 Å². The van der Waals surface area contributed by atoms with Gasteiger partial charge in [-0.2, -0.15) is 0 Å². The first kappa shape index (κ1) is 19.3. The molecule has 1 aliphatic heterocycles. The van der Waals surface area contributed by atoms with Crippen LogP contribution in [0.5, 0.6) is 11.5 Å². The quantitative estimate of drug-likeness (QED) is 0.416. The van der Waals surface area contributed by atoms with E-state index in [-0.39, 0.29) is 0 Å². The molecule has 1 aromatic carbocycles. The van der Waals surface area contributed by atoms with Crippen molar-refractivity contribution in [3.05, 3.63) is 23.8 Å². The molecule has 2 N–H and O–H groups in total. The molecular weight excluding hydrogens is 320 g/mol. The predicted octanol–water partition coefficient (Wildman–Crippen LogP) is 1.09. The molecule has 0 radical (unpaired) electrons. The fourth-order valence-electron chi connectivity index (χ4n) is 2.97. The fraction of sp³-hybridized carbons (Fsp3) is 0.611. The summed E-state index contributed by atoms with van der Waals surface area (Å²) in [5.41, 5.74) is 1.19. The molecule has 1 fully saturated rings. The summed E-state index contributed by atoms with van der Waals surface area (Å²) < 4.78 is 15.8. The zero-order chi connectivity index (χ0) is 18.1. The summed E-state index contributed by atoms with van der Waals surface area (Å²) in [6.07, 6.45) is 1.09. The van der Waals surface area contributed by atoms with Gasteiger partial charge in [0.25, 0.3) is 0 Å². The van der Waals surface area contributed by atoms with Gasteiger partial charge in [0.15, 0.2) is 5.96 Å². The second-order valence-corrected chi connectivity index (χ2v) is 6.08. The second-order valence-electron chi connectivity index (χ2n) is 6.08. The summed E-state index contributed by atoms with van der Waals surface area (Å²) in [7, 11) is 6.84. The Kier molecular flexibility index (Phi) is 7.81. The van der Waals surface area contributed by atoms with Gasteiger partial charge in [-0.3, -0.25) is 9.89 Å². The molecule has 1 heterocycles. The van der Waals surface area contributed by atoms with Crippen molar-refractivity contribution in [2.75, 3.05) is 54.6 Å². The number of hydrogen-bond donors (Lipinski definition) is 2. The number of hydrogen-bond acceptors (Lipinski definition) is 5. The number of methoxy groups -OCH3 is 3. The van der Waals surface area contributed by atoms with E-state index < -0.39 is 0 Å². The number of rotatable bonds is 8. The Morgan fingerprint density at radius 3 is 2.52 bits per heavy atom. The molecule has 7 nitrogen and oxygen atoms in total. The predicted molar refractivity (Wildman–Crippen MR) is 99.6 cm³/mol. The summed E-state index contributed by atoms with van der Waals surface area (Å²) >= 11 is 0. The molecule has 0 amide bonds. The molecule has 1 aromatic rings. The van der Waals surface area contributed by atoms with Gasteiger partial charge in [-0.25, -0.2) is 0 Å². The van der Waals surface area contributed by atoms with Crippen LogP contribution in [0.25, 0.3) is 0 Å². The number of guanidine groups is 1. The van der Waals surface area contributed by atoms with Crippen molar-refractivity contribution in [1.82, 2.24) is 15.5 Å². The van der Waals surface area contributed by atoms with E-state index in [9.17, 15) is 0 Å². The van der Waals surface area contributed by atoms with Crippen molar-refractivity contribution in [3.63, 3.8) is 0 Å². The second kappa shape index (κ2) is 10.1. The van der Waals surface area contributed by atoms with Crippen LogP contribution in [0.4, 0.5) is 0 Å². The molecule has 0 aliphatic carbocycles. The lowest BCUT2D eigenvalue weighted by Crippen LogP contribution is -2.45. The zero-order valence-corrected chi connectivity index (χ0v) is 15.7. The average Bonchev–Trinajstić information content (AvgIpc) is 3.07. The monoisotopic (exact) mass is 350 g/mol. The molecule has 1 saturated heterocycles. The minimum atomic E-state index is 0.390. The summed E-state index contributed by atoms with van der Waals surface area (Å²) in [6.45, 7) is 4.31. The SMILES string of the molecule is CN=C(NCCOC)NC1CCN(Cc2cc(OC)cc(OC)c2)C1. The highest BCUT2D eigenvalue weighted by atomic mass is 16.5. The van der Waals surface area contributed by atoms with E-state index in [4.69, 9.17) is 14.2 Å². The Morgan fingerprint density at radius 1 is 1.20 bits per heavy atom. The molecule has 25 heavy (non-hydrogen) atoms. The van der Waals surface area contributed by atoms with Gasteiger partial charge in [-0.05, 0) is 24.1 Å². The van der Waals surface area contributed by atoms with Crippen LogP contribution >= 0.6 is 0 Å². The molecule has 140 valence electrons. The van der Waals surface area contributed by atoms with Crippen LogP contribution in [0.2, 0.25) is 0 Å². The van der Waals surface area contributed by atoms with E-state index in [1.54, 1.807) is 28.4 Å². The maximum absolute atomic E-state index is 5.35. The third-order valence-corrected chi connectivity index (χ3v) is 4.25. The molecule has 0 spiro atoms. The molecule has 2 rings (SSSR count). The van der Waals surface area contributed by atoms with Gasteiger partial charge in [0.2, 0.25) is 0 Å². The number of nitrogens with zero attached hydrogens (tertiary/aromatic N) is 2. The van der Waals surface area contributed by atoms with Gasteiger partial charge in [-0.1, -0.05) is 0 Å². The number of ether oxygens (including phenoxy) is 3. The summed E-state index contributed by atoms with van der Waals surface area (Å²) in [6, 6.07) is 6.41. The van der Waals surface area contributed by atoms with Crippen LogP contribution in [0.1, 0.15) is 12.0 Å². The zero-order valence-electron chi connectivity index (χ0n) is 15.7. The first-order valence-corrected chi connectivity index (χ1v) is 8.59. The summed E-state index contributed by atoms with van der Waals surface area (Å²) in [5, 5.41) is 6.73. The van der Waals surface area contributed by atoms with Gasteiger partial charge in [0.1, 0.15) is 11.5 Å². The van der Waals surface area contributed by atoms with Gasteiger partial charge in [0, 0.05) is 52.4 Å². The van der Waals surface area contributed by atoms with Gasteiger partial charge in [0.05, 0.1) is 20.8 Å². The Hall–Kier alpha value is -1.99. The highest BCUT2D eigenvalue weighted by Crippen LogP contribution is 2.24. The fourth-order valence-corrected chi connectivity index (χ4v) is 2.97. The molecule has 1 aliphatic rings. The number of aliphatic imine (C=N–C) groups is 1. The van der Waals surface area contributed by atoms with Gasteiger partial charge >= 0.3 is 0 Å². The lowest BCUT2D eigenvalue weighted by atomic mass is 10.2. The average molecular weight is 350 g/mol. The molecule has 0 bridgehead atoms. The minimum absolute atomic E-state index is 0.390. The van der Waals surface area contributed by atoms with Crippen molar-refractivity contribution in [3.8, 4) is 11.5 Å². The van der Waals surface area contributed by atoms with Crippen molar-refractivity contribution < 1.29 is 14.2 Å². The van der Waals surface area contributed by atoms with Crippen LogP contribution in [0.15, 0.2) is 23.2 Å².